The van der Waals surface area contributed by atoms with Crippen molar-refractivity contribution >= 4 is 23.2 Å². The minimum absolute atomic E-state index is 0.302. The molecule has 3 rings (SSSR count). The molecular formula is C15H18Cl2O. The smallest absolute Gasteiger partial charge is 0.125 e. The molecule has 2 aliphatic rings. The Kier molecular flexibility index (Phi) is 3.23. The van der Waals surface area contributed by atoms with E-state index in [0.29, 0.717) is 10.8 Å². The van der Waals surface area contributed by atoms with E-state index in [1.54, 1.807) is 0 Å². The Labute approximate surface area is 118 Å². The normalized spacial score (nSPS) is 30.3. The van der Waals surface area contributed by atoms with E-state index in [0.717, 1.165) is 43.1 Å². The van der Waals surface area contributed by atoms with Gasteiger partial charge in [-0.2, -0.15) is 0 Å². The van der Waals surface area contributed by atoms with Crippen LogP contribution in [0.25, 0.3) is 0 Å². The highest BCUT2D eigenvalue weighted by Crippen LogP contribution is 2.45. The minimum Gasteiger partial charge on any atom is -0.493 e. The fraction of sp³-hybridized carbons (Fsp3) is 0.600. The highest BCUT2D eigenvalue weighted by atomic mass is 35.5. The lowest BCUT2D eigenvalue weighted by molar-refractivity contribution is 0.317. The second-order valence-corrected chi connectivity index (χ2v) is 7.03. The van der Waals surface area contributed by atoms with Crippen molar-refractivity contribution in [2.24, 2.45) is 5.41 Å². The molecule has 0 saturated heterocycles. The van der Waals surface area contributed by atoms with Gasteiger partial charge in [0.05, 0.1) is 6.61 Å². The maximum Gasteiger partial charge on any atom is 0.125 e. The van der Waals surface area contributed by atoms with Crippen LogP contribution in [-0.2, 0) is 12.8 Å². The van der Waals surface area contributed by atoms with Crippen LogP contribution in [-0.4, -0.2) is 12.0 Å². The molecule has 0 bridgehead atoms. The van der Waals surface area contributed by atoms with E-state index in [-0.39, 0.29) is 0 Å². The monoisotopic (exact) mass is 284 g/mol. The first-order chi connectivity index (χ1) is 8.56. The third-order valence-electron chi connectivity index (χ3n) is 4.22. The van der Waals surface area contributed by atoms with Crippen LogP contribution in [0.15, 0.2) is 12.1 Å². The van der Waals surface area contributed by atoms with Crippen molar-refractivity contribution < 1.29 is 4.74 Å². The molecule has 0 amide bonds. The zero-order valence-corrected chi connectivity index (χ0v) is 12.2. The highest BCUT2D eigenvalue weighted by Gasteiger charge is 2.35. The van der Waals surface area contributed by atoms with Gasteiger partial charge in [0.25, 0.3) is 0 Å². The van der Waals surface area contributed by atoms with Gasteiger partial charge in [-0.15, -0.1) is 11.6 Å². The molecule has 1 aliphatic heterocycles. The third-order valence-corrected chi connectivity index (χ3v) is 4.81. The fourth-order valence-corrected chi connectivity index (χ4v) is 4.09. The summed E-state index contributed by atoms with van der Waals surface area (Å²) in [5.41, 5.74) is 2.83. The molecule has 1 aromatic rings. The summed E-state index contributed by atoms with van der Waals surface area (Å²) in [6.07, 6.45) is 5.43. The average molecular weight is 285 g/mol. The molecule has 98 valence electrons. The number of halogens is 2. The van der Waals surface area contributed by atoms with Gasteiger partial charge in [-0.1, -0.05) is 18.5 Å². The Hall–Kier alpha value is -0.400. The molecule has 2 unspecified atom stereocenters. The number of hydrogen-bond acceptors (Lipinski definition) is 1. The van der Waals surface area contributed by atoms with Gasteiger partial charge in [0.15, 0.2) is 0 Å². The Morgan fingerprint density at radius 1 is 1.44 bits per heavy atom. The van der Waals surface area contributed by atoms with Crippen molar-refractivity contribution in [2.45, 2.75) is 44.4 Å². The van der Waals surface area contributed by atoms with E-state index < -0.39 is 0 Å². The van der Waals surface area contributed by atoms with Gasteiger partial charge in [-0.05, 0) is 54.4 Å². The van der Waals surface area contributed by atoms with E-state index >= 15 is 0 Å². The van der Waals surface area contributed by atoms with Crippen molar-refractivity contribution in [1.29, 1.82) is 0 Å². The van der Waals surface area contributed by atoms with Crippen molar-refractivity contribution in [1.82, 2.24) is 0 Å². The van der Waals surface area contributed by atoms with Crippen LogP contribution in [0.2, 0.25) is 5.02 Å². The SMILES string of the molecule is CC1(Cc2cc(Cl)cc3c2OCC3)CCC(Cl)C1. The quantitative estimate of drug-likeness (QED) is 0.721. The third kappa shape index (κ3) is 2.35. The van der Waals surface area contributed by atoms with Crippen LogP contribution in [0.4, 0.5) is 0 Å². The van der Waals surface area contributed by atoms with Gasteiger partial charge in [-0.25, -0.2) is 0 Å². The van der Waals surface area contributed by atoms with Crippen molar-refractivity contribution in [3.63, 3.8) is 0 Å². The lowest BCUT2D eigenvalue weighted by Gasteiger charge is -2.24. The summed E-state index contributed by atoms with van der Waals surface area (Å²) in [4.78, 5) is 0. The van der Waals surface area contributed by atoms with E-state index in [1.807, 2.05) is 6.07 Å². The predicted octanol–water partition coefficient (Wildman–Crippen LogP) is 4.62. The van der Waals surface area contributed by atoms with Gasteiger partial charge in [-0.3, -0.25) is 0 Å². The van der Waals surface area contributed by atoms with Gasteiger partial charge >= 0.3 is 0 Å². The maximum atomic E-state index is 6.25. The molecule has 1 aliphatic carbocycles. The number of alkyl halides is 1. The molecule has 1 fully saturated rings. The van der Waals surface area contributed by atoms with Crippen LogP contribution < -0.4 is 4.74 Å². The Morgan fingerprint density at radius 2 is 2.28 bits per heavy atom. The molecule has 0 spiro atoms. The van der Waals surface area contributed by atoms with Gasteiger partial charge in [0, 0.05) is 16.8 Å². The summed E-state index contributed by atoms with van der Waals surface area (Å²) in [7, 11) is 0. The predicted molar refractivity (Wildman–Crippen MR) is 76.0 cm³/mol. The number of ether oxygens (including phenoxy) is 1. The molecule has 1 aromatic carbocycles. The first-order valence-corrected chi connectivity index (χ1v) is 7.45. The molecule has 1 heterocycles. The van der Waals surface area contributed by atoms with Gasteiger partial charge in [0.2, 0.25) is 0 Å². The summed E-state index contributed by atoms with van der Waals surface area (Å²) in [5, 5.41) is 1.17. The zero-order valence-electron chi connectivity index (χ0n) is 10.6. The lowest BCUT2D eigenvalue weighted by atomic mass is 9.81. The Bertz CT molecular complexity index is 472. The molecule has 1 saturated carbocycles. The number of hydrogen-bond donors (Lipinski definition) is 0. The van der Waals surface area contributed by atoms with Gasteiger partial charge < -0.3 is 4.74 Å². The van der Waals surface area contributed by atoms with Gasteiger partial charge in [0.1, 0.15) is 5.75 Å². The maximum absolute atomic E-state index is 6.25. The summed E-state index contributed by atoms with van der Waals surface area (Å²) in [5.74, 6) is 1.08. The molecule has 0 radical (unpaired) electrons. The van der Waals surface area contributed by atoms with E-state index in [2.05, 4.69) is 13.0 Å². The zero-order chi connectivity index (χ0) is 12.8. The van der Waals surface area contributed by atoms with Crippen molar-refractivity contribution in [3.05, 3.63) is 28.3 Å². The summed E-state index contributed by atoms with van der Waals surface area (Å²) in [6, 6.07) is 4.10. The average Bonchev–Trinajstić information content (AvgIpc) is 2.85. The molecular weight excluding hydrogens is 267 g/mol. The van der Waals surface area contributed by atoms with Crippen molar-refractivity contribution in [2.75, 3.05) is 6.61 Å². The molecule has 0 aromatic heterocycles. The van der Waals surface area contributed by atoms with E-state index in [4.69, 9.17) is 27.9 Å². The number of benzene rings is 1. The van der Waals surface area contributed by atoms with Crippen LogP contribution in [0, 0.1) is 5.41 Å². The standard InChI is InChI=1S/C15H18Cl2O/c1-15(4-2-12(16)9-15)8-11-7-13(17)6-10-3-5-18-14(10)11/h6-7,12H,2-5,8-9H2,1H3. The van der Waals surface area contributed by atoms with Crippen LogP contribution in [0.1, 0.15) is 37.3 Å². The second-order valence-electron chi connectivity index (χ2n) is 5.98. The highest BCUT2D eigenvalue weighted by molar-refractivity contribution is 6.30. The first kappa shape index (κ1) is 12.6. The van der Waals surface area contributed by atoms with Crippen molar-refractivity contribution in [3.8, 4) is 5.75 Å². The summed E-state index contributed by atoms with van der Waals surface area (Å²) < 4.78 is 5.78. The Morgan fingerprint density at radius 3 is 3.00 bits per heavy atom. The van der Waals surface area contributed by atoms with E-state index in [9.17, 15) is 0 Å². The summed E-state index contributed by atoms with van der Waals surface area (Å²) >= 11 is 12.5. The largest absolute Gasteiger partial charge is 0.493 e. The Balaban J connectivity index is 1.89. The molecule has 3 heteroatoms. The molecule has 1 nitrogen and oxygen atoms in total. The molecule has 18 heavy (non-hydrogen) atoms. The topological polar surface area (TPSA) is 9.23 Å². The van der Waals surface area contributed by atoms with E-state index in [1.165, 1.54) is 17.5 Å². The lowest BCUT2D eigenvalue weighted by Crippen LogP contribution is -2.16. The number of rotatable bonds is 2. The molecule has 2 atom stereocenters. The van der Waals surface area contributed by atoms with Crippen LogP contribution >= 0.6 is 23.2 Å². The molecule has 0 N–H and O–H groups in total. The summed E-state index contributed by atoms with van der Waals surface area (Å²) in [6.45, 7) is 3.12. The number of fused-ring (bicyclic) bond motifs is 1. The first-order valence-electron chi connectivity index (χ1n) is 6.64. The van der Waals surface area contributed by atoms with Crippen LogP contribution in [0.5, 0.6) is 5.75 Å². The fourth-order valence-electron chi connectivity index (χ4n) is 3.34. The second kappa shape index (κ2) is 4.61. The minimum atomic E-state index is 0.302. The van der Waals surface area contributed by atoms with Crippen LogP contribution in [0.3, 0.4) is 0 Å².